The number of esters is 2. The highest BCUT2D eigenvalue weighted by atomic mass is 16.6. The monoisotopic (exact) mass is 428 g/mol. The number of methoxy groups -OCH3 is 1. The van der Waals surface area contributed by atoms with E-state index < -0.39 is 17.5 Å². The van der Waals surface area contributed by atoms with E-state index in [0.717, 1.165) is 50.7 Å². The summed E-state index contributed by atoms with van der Waals surface area (Å²) in [5.74, 6) is 1.38. The van der Waals surface area contributed by atoms with Crippen LogP contribution in [0.2, 0.25) is 0 Å². The van der Waals surface area contributed by atoms with E-state index in [9.17, 15) is 9.59 Å². The van der Waals surface area contributed by atoms with Gasteiger partial charge in [0.2, 0.25) is 0 Å². The minimum Gasteiger partial charge on any atom is -0.501 e. The van der Waals surface area contributed by atoms with Crippen LogP contribution < -0.4 is 0 Å². The van der Waals surface area contributed by atoms with Crippen LogP contribution in [0.4, 0.5) is 0 Å². The lowest BCUT2D eigenvalue weighted by atomic mass is 9.47. The van der Waals surface area contributed by atoms with Gasteiger partial charge in [-0.05, 0) is 80.3 Å². The van der Waals surface area contributed by atoms with Crippen LogP contribution in [0.15, 0.2) is 23.5 Å². The van der Waals surface area contributed by atoms with E-state index in [1.807, 2.05) is 0 Å². The largest absolute Gasteiger partial charge is 0.501 e. The topological polar surface area (TPSA) is 61.8 Å². The van der Waals surface area contributed by atoms with Gasteiger partial charge in [-0.2, -0.15) is 0 Å². The lowest BCUT2D eigenvalue weighted by Gasteiger charge is -2.58. The molecule has 5 aliphatic rings. The summed E-state index contributed by atoms with van der Waals surface area (Å²) in [6.45, 7) is 6.88. The van der Waals surface area contributed by atoms with Crippen LogP contribution in [-0.4, -0.2) is 31.3 Å². The van der Waals surface area contributed by atoms with Gasteiger partial charge >= 0.3 is 11.9 Å². The van der Waals surface area contributed by atoms with E-state index in [0.29, 0.717) is 30.8 Å². The summed E-state index contributed by atoms with van der Waals surface area (Å²) in [6.07, 6.45) is 12.7. The highest BCUT2D eigenvalue weighted by Gasteiger charge is 2.69. The quantitative estimate of drug-likeness (QED) is 0.470. The number of hydrogen-bond donors (Lipinski definition) is 0. The third-order valence-corrected chi connectivity index (χ3v) is 9.97. The van der Waals surface area contributed by atoms with E-state index >= 15 is 0 Å². The number of allylic oxidation sites excluding steroid dienone is 4. The zero-order chi connectivity index (χ0) is 22.0. The average Bonchev–Trinajstić information content (AvgIpc) is 3.24. The van der Waals surface area contributed by atoms with Gasteiger partial charge in [0.25, 0.3) is 0 Å². The average molecular weight is 429 g/mol. The molecule has 5 heteroatoms. The van der Waals surface area contributed by atoms with Crippen molar-refractivity contribution < 1.29 is 23.8 Å². The zero-order valence-corrected chi connectivity index (χ0v) is 19.4. The van der Waals surface area contributed by atoms with Crippen LogP contribution in [0.3, 0.4) is 0 Å². The fourth-order valence-electron chi connectivity index (χ4n) is 8.20. The van der Waals surface area contributed by atoms with Crippen molar-refractivity contribution in [1.82, 2.24) is 0 Å². The minimum absolute atomic E-state index is 0.0605. The van der Waals surface area contributed by atoms with Crippen LogP contribution in [0.5, 0.6) is 0 Å². The lowest BCUT2D eigenvalue weighted by molar-refractivity contribution is -0.169. The van der Waals surface area contributed by atoms with Crippen molar-refractivity contribution in [3.05, 3.63) is 23.5 Å². The molecule has 0 N–H and O–H groups in total. The Bertz CT molecular complexity index is 858. The van der Waals surface area contributed by atoms with Crippen molar-refractivity contribution in [2.75, 3.05) is 13.7 Å². The predicted octanol–water partition coefficient (Wildman–Crippen LogP) is 4.95. The standard InChI is InChI=1S/C26H36O5/c1-5-30-22(27)19-15-26(31-23(19)28)13-10-21-18-7-6-16-14-17(29-4)8-11-24(16,2)20(18)9-12-25(21,26)3/h6,14,18-21H,5,7-13,15H2,1-4H3/t18-,19-,20-,21+,24+,25+,26-/m1/s1. The molecule has 1 spiro atoms. The molecule has 1 saturated heterocycles. The van der Waals surface area contributed by atoms with Crippen molar-refractivity contribution in [2.45, 2.75) is 77.7 Å². The first-order valence-electron chi connectivity index (χ1n) is 12.1. The number of rotatable bonds is 3. The van der Waals surface area contributed by atoms with Gasteiger partial charge in [0.15, 0.2) is 5.92 Å². The first-order valence-corrected chi connectivity index (χ1v) is 12.1. The Morgan fingerprint density at radius 2 is 1.97 bits per heavy atom. The fourth-order valence-corrected chi connectivity index (χ4v) is 8.20. The Hall–Kier alpha value is -1.78. The molecule has 0 aromatic carbocycles. The third-order valence-electron chi connectivity index (χ3n) is 9.97. The highest BCUT2D eigenvalue weighted by Crippen LogP contribution is 2.69. The fraction of sp³-hybridized carbons (Fsp3) is 0.769. The van der Waals surface area contributed by atoms with E-state index in [1.165, 1.54) is 5.57 Å². The predicted molar refractivity (Wildman–Crippen MR) is 116 cm³/mol. The van der Waals surface area contributed by atoms with Crippen molar-refractivity contribution in [3.63, 3.8) is 0 Å². The molecule has 5 nitrogen and oxygen atoms in total. The lowest BCUT2D eigenvalue weighted by Crippen LogP contribution is -2.54. The van der Waals surface area contributed by atoms with Crippen molar-refractivity contribution in [1.29, 1.82) is 0 Å². The third kappa shape index (κ3) is 2.80. The van der Waals surface area contributed by atoms with Gasteiger partial charge in [-0.1, -0.05) is 19.9 Å². The SMILES string of the molecule is CCOC(=O)[C@H]1C[C@@]2(CC[C@H]3[C@@H]4CC=C5C=C(OC)CC[C@]5(C)[C@@H]4CC[C@@]32C)OC1=O. The zero-order valence-electron chi connectivity index (χ0n) is 19.4. The summed E-state index contributed by atoms with van der Waals surface area (Å²) in [5, 5.41) is 0. The smallest absolute Gasteiger partial charge is 0.321 e. The molecule has 0 bridgehead atoms. The maximum atomic E-state index is 12.7. The van der Waals surface area contributed by atoms with E-state index in [1.54, 1.807) is 14.0 Å². The van der Waals surface area contributed by atoms with Gasteiger partial charge < -0.3 is 14.2 Å². The van der Waals surface area contributed by atoms with E-state index in [2.05, 4.69) is 26.0 Å². The molecule has 1 aliphatic heterocycles. The van der Waals surface area contributed by atoms with Crippen LogP contribution in [-0.2, 0) is 23.8 Å². The Labute approximate surface area is 185 Å². The van der Waals surface area contributed by atoms with Crippen LogP contribution in [0.1, 0.15) is 72.1 Å². The summed E-state index contributed by atoms with van der Waals surface area (Å²) in [7, 11) is 1.77. The first kappa shape index (κ1) is 21.1. The number of carbonyl (C=O) groups excluding carboxylic acids is 2. The van der Waals surface area contributed by atoms with Crippen LogP contribution in [0, 0.1) is 34.5 Å². The second-order valence-electron chi connectivity index (χ2n) is 10.9. The second-order valence-corrected chi connectivity index (χ2v) is 10.9. The summed E-state index contributed by atoms with van der Waals surface area (Å²) < 4.78 is 16.9. The van der Waals surface area contributed by atoms with E-state index in [4.69, 9.17) is 14.2 Å². The summed E-state index contributed by atoms with van der Waals surface area (Å²) >= 11 is 0. The molecular weight excluding hydrogens is 392 g/mol. The molecule has 5 rings (SSSR count). The maximum absolute atomic E-state index is 12.7. The molecule has 2 saturated carbocycles. The number of carbonyl (C=O) groups is 2. The number of hydrogen-bond acceptors (Lipinski definition) is 5. The molecular formula is C26H36O5. The summed E-state index contributed by atoms with van der Waals surface area (Å²) in [4.78, 5) is 25.1. The molecule has 4 aliphatic carbocycles. The van der Waals surface area contributed by atoms with Gasteiger partial charge in [0.05, 0.1) is 19.5 Å². The Balaban J connectivity index is 1.43. The molecule has 3 fully saturated rings. The van der Waals surface area contributed by atoms with Gasteiger partial charge in [0, 0.05) is 18.3 Å². The minimum atomic E-state index is -0.750. The normalized spacial score (nSPS) is 45.7. The number of fused-ring (bicyclic) bond motifs is 6. The summed E-state index contributed by atoms with van der Waals surface area (Å²) in [6, 6.07) is 0. The Morgan fingerprint density at radius 1 is 1.19 bits per heavy atom. The maximum Gasteiger partial charge on any atom is 0.321 e. The summed E-state index contributed by atoms with van der Waals surface area (Å²) in [5.41, 5.74) is 1.11. The van der Waals surface area contributed by atoms with Gasteiger partial charge in [-0.3, -0.25) is 9.59 Å². The van der Waals surface area contributed by atoms with Crippen LogP contribution in [0.25, 0.3) is 0 Å². The van der Waals surface area contributed by atoms with Crippen LogP contribution >= 0.6 is 0 Å². The van der Waals surface area contributed by atoms with E-state index in [-0.39, 0.29) is 16.8 Å². The molecule has 0 unspecified atom stereocenters. The number of ether oxygens (including phenoxy) is 3. The van der Waals surface area contributed by atoms with Crippen molar-refractivity contribution in [3.8, 4) is 0 Å². The molecule has 0 radical (unpaired) electrons. The van der Waals surface area contributed by atoms with Gasteiger partial charge in [-0.25, -0.2) is 0 Å². The van der Waals surface area contributed by atoms with Gasteiger partial charge in [0.1, 0.15) is 5.60 Å². The second kappa shape index (κ2) is 7.11. The molecule has 0 aromatic heterocycles. The molecule has 170 valence electrons. The molecule has 0 amide bonds. The van der Waals surface area contributed by atoms with Crippen molar-refractivity contribution in [2.24, 2.45) is 34.5 Å². The molecule has 1 heterocycles. The highest BCUT2D eigenvalue weighted by molar-refractivity contribution is 5.96. The Kier molecular flexibility index (Phi) is 4.84. The molecule has 31 heavy (non-hydrogen) atoms. The van der Waals surface area contributed by atoms with Gasteiger partial charge in [-0.15, -0.1) is 0 Å². The Morgan fingerprint density at radius 3 is 2.71 bits per heavy atom. The molecule has 7 atom stereocenters. The van der Waals surface area contributed by atoms with Crippen molar-refractivity contribution >= 4 is 11.9 Å². The first-order chi connectivity index (χ1) is 14.8. The molecule has 0 aromatic rings.